The summed E-state index contributed by atoms with van der Waals surface area (Å²) >= 11 is 0. The lowest BCUT2D eigenvalue weighted by Gasteiger charge is -2.31. The van der Waals surface area contributed by atoms with Crippen LogP contribution < -0.4 is 5.32 Å². The fourth-order valence-electron chi connectivity index (χ4n) is 3.39. The quantitative estimate of drug-likeness (QED) is 0.795. The second-order valence-corrected chi connectivity index (χ2v) is 6.30. The van der Waals surface area contributed by atoms with E-state index in [0.29, 0.717) is 12.5 Å². The molecule has 3 amide bonds. The van der Waals surface area contributed by atoms with Crippen LogP contribution in [0.3, 0.4) is 0 Å². The largest absolute Gasteiger partial charge is 0.329 e. The summed E-state index contributed by atoms with van der Waals surface area (Å²) in [6.07, 6.45) is 7.31. The Balaban J connectivity index is 1.39. The average Bonchev–Trinajstić information content (AvgIpc) is 3.17. The molecule has 0 bridgehead atoms. The predicted molar refractivity (Wildman–Crippen MR) is 86.0 cm³/mol. The number of nitrogens with zero attached hydrogens (tertiary/aromatic N) is 4. The molecule has 2 aliphatic heterocycles. The Bertz CT molecular complexity index is 547. The van der Waals surface area contributed by atoms with E-state index in [0.717, 1.165) is 45.4 Å². The van der Waals surface area contributed by atoms with Crippen LogP contribution in [0.5, 0.6) is 0 Å². The van der Waals surface area contributed by atoms with Gasteiger partial charge in [-0.3, -0.25) is 14.4 Å². The Morgan fingerprint density at radius 1 is 1.26 bits per heavy atom. The molecular formula is C16H25N5O2. The van der Waals surface area contributed by atoms with Crippen LogP contribution in [-0.4, -0.2) is 64.2 Å². The van der Waals surface area contributed by atoms with Gasteiger partial charge in [0.05, 0.1) is 12.7 Å². The maximum absolute atomic E-state index is 11.5. The molecule has 1 N–H and O–H groups in total. The van der Waals surface area contributed by atoms with Crippen molar-refractivity contribution in [3.05, 3.63) is 18.0 Å². The third-order valence-corrected chi connectivity index (χ3v) is 4.83. The third-order valence-electron chi connectivity index (χ3n) is 4.83. The van der Waals surface area contributed by atoms with Crippen molar-refractivity contribution in [2.24, 2.45) is 0 Å². The number of aromatic nitrogens is 2. The molecule has 0 aliphatic carbocycles. The maximum atomic E-state index is 11.5. The molecule has 0 spiro atoms. The summed E-state index contributed by atoms with van der Waals surface area (Å²) in [7, 11) is 0. The first-order valence-corrected chi connectivity index (χ1v) is 8.50. The molecule has 2 saturated heterocycles. The highest BCUT2D eigenvalue weighted by Crippen LogP contribution is 2.27. The molecular weight excluding hydrogens is 294 g/mol. The molecule has 3 heterocycles. The number of rotatable bonds is 6. The van der Waals surface area contributed by atoms with Crippen LogP contribution in [0, 0.1) is 0 Å². The van der Waals surface area contributed by atoms with Crippen molar-refractivity contribution in [1.82, 2.24) is 24.9 Å². The zero-order valence-electron chi connectivity index (χ0n) is 13.7. The van der Waals surface area contributed by atoms with Gasteiger partial charge in [-0.15, -0.1) is 0 Å². The van der Waals surface area contributed by atoms with Crippen molar-refractivity contribution in [2.45, 2.75) is 38.6 Å². The van der Waals surface area contributed by atoms with Crippen molar-refractivity contribution in [3.63, 3.8) is 0 Å². The molecule has 0 radical (unpaired) electrons. The zero-order valence-corrected chi connectivity index (χ0v) is 13.7. The summed E-state index contributed by atoms with van der Waals surface area (Å²) in [6, 6.07) is -0.248. The molecule has 0 aromatic carbocycles. The van der Waals surface area contributed by atoms with Gasteiger partial charge in [0.1, 0.15) is 0 Å². The smallest absolute Gasteiger partial charge is 0.324 e. The summed E-state index contributed by atoms with van der Waals surface area (Å²) < 4.78 is 1.99. The number of carbonyl (C=O) groups excluding carboxylic acids is 2. The summed E-state index contributed by atoms with van der Waals surface area (Å²) in [5.74, 6) is 0.499. The van der Waals surface area contributed by atoms with Gasteiger partial charge >= 0.3 is 6.03 Å². The van der Waals surface area contributed by atoms with Gasteiger partial charge in [0.15, 0.2) is 0 Å². The highest BCUT2D eigenvalue weighted by atomic mass is 16.2. The van der Waals surface area contributed by atoms with Gasteiger partial charge in [0, 0.05) is 19.3 Å². The molecule has 2 aliphatic rings. The minimum atomic E-state index is -0.248. The Labute approximate surface area is 136 Å². The summed E-state index contributed by atoms with van der Waals surface area (Å²) in [6.45, 7) is 6.78. The number of hydrogen-bond donors (Lipinski definition) is 1. The monoisotopic (exact) mass is 319 g/mol. The first-order valence-electron chi connectivity index (χ1n) is 8.50. The van der Waals surface area contributed by atoms with Gasteiger partial charge < -0.3 is 10.2 Å². The van der Waals surface area contributed by atoms with Crippen molar-refractivity contribution in [2.75, 3.05) is 32.7 Å². The lowest BCUT2D eigenvalue weighted by Crippen LogP contribution is -2.37. The lowest BCUT2D eigenvalue weighted by molar-refractivity contribution is -0.125. The van der Waals surface area contributed by atoms with Gasteiger partial charge in [0.25, 0.3) is 0 Å². The average molecular weight is 319 g/mol. The molecule has 0 unspecified atom stereocenters. The fourth-order valence-corrected chi connectivity index (χ4v) is 3.39. The molecule has 0 saturated carbocycles. The van der Waals surface area contributed by atoms with Gasteiger partial charge in [-0.1, -0.05) is 0 Å². The number of amides is 3. The molecule has 126 valence electrons. The minimum Gasteiger partial charge on any atom is -0.329 e. The zero-order chi connectivity index (χ0) is 16.2. The van der Waals surface area contributed by atoms with E-state index in [1.807, 2.05) is 10.9 Å². The van der Waals surface area contributed by atoms with E-state index in [1.165, 1.54) is 10.5 Å². The Kier molecular flexibility index (Phi) is 4.95. The van der Waals surface area contributed by atoms with E-state index in [2.05, 4.69) is 28.4 Å². The van der Waals surface area contributed by atoms with Gasteiger partial charge in [-0.25, -0.2) is 4.79 Å². The van der Waals surface area contributed by atoms with E-state index in [9.17, 15) is 9.59 Å². The van der Waals surface area contributed by atoms with Gasteiger partial charge in [-0.2, -0.15) is 5.10 Å². The fraction of sp³-hybridized carbons (Fsp3) is 0.688. The highest BCUT2D eigenvalue weighted by molar-refractivity contribution is 6.01. The van der Waals surface area contributed by atoms with Crippen LogP contribution in [0.1, 0.15) is 37.7 Å². The van der Waals surface area contributed by atoms with Crippen molar-refractivity contribution in [3.8, 4) is 0 Å². The van der Waals surface area contributed by atoms with E-state index in [-0.39, 0.29) is 18.5 Å². The predicted octanol–water partition coefficient (Wildman–Crippen LogP) is 1.02. The normalized spacial score (nSPS) is 20.3. The van der Waals surface area contributed by atoms with Crippen LogP contribution in [0.4, 0.5) is 4.79 Å². The summed E-state index contributed by atoms with van der Waals surface area (Å²) in [5, 5.41) is 6.92. The number of imide groups is 1. The number of urea groups is 1. The van der Waals surface area contributed by atoms with Crippen molar-refractivity contribution in [1.29, 1.82) is 0 Å². The topological polar surface area (TPSA) is 70.5 Å². The number of carbonyl (C=O) groups is 2. The molecule has 2 fully saturated rings. The van der Waals surface area contributed by atoms with Crippen LogP contribution in [-0.2, 0) is 11.3 Å². The second-order valence-electron chi connectivity index (χ2n) is 6.30. The maximum Gasteiger partial charge on any atom is 0.324 e. The van der Waals surface area contributed by atoms with Crippen LogP contribution in [0.25, 0.3) is 0 Å². The first-order chi connectivity index (χ1) is 11.2. The van der Waals surface area contributed by atoms with Crippen molar-refractivity contribution >= 4 is 11.9 Å². The number of aryl methyl sites for hydroxylation is 1. The van der Waals surface area contributed by atoms with Crippen LogP contribution in [0.2, 0.25) is 0 Å². The number of piperidine rings is 1. The lowest BCUT2D eigenvalue weighted by atomic mass is 9.91. The van der Waals surface area contributed by atoms with Gasteiger partial charge in [-0.05, 0) is 57.3 Å². The van der Waals surface area contributed by atoms with Crippen LogP contribution in [0.15, 0.2) is 12.4 Å². The van der Waals surface area contributed by atoms with E-state index in [4.69, 9.17) is 0 Å². The van der Waals surface area contributed by atoms with E-state index < -0.39 is 0 Å². The number of likely N-dealkylation sites (tertiary alicyclic amines) is 1. The first kappa shape index (κ1) is 16.0. The van der Waals surface area contributed by atoms with E-state index in [1.54, 1.807) is 0 Å². The number of hydrogen-bond acceptors (Lipinski definition) is 4. The van der Waals surface area contributed by atoms with Crippen LogP contribution >= 0.6 is 0 Å². The van der Waals surface area contributed by atoms with E-state index >= 15 is 0 Å². The Hall–Kier alpha value is -1.89. The Morgan fingerprint density at radius 3 is 2.65 bits per heavy atom. The molecule has 7 nitrogen and oxygen atoms in total. The number of nitrogens with one attached hydrogen (secondary N) is 1. The second kappa shape index (κ2) is 7.12. The molecule has 23 heavy (non-hydrogen) atoms. The standard InChI is InChI=1S/C16H25N5O2/c1-2-20-12-14(10-18-20)13-4-8-19(9-5-13)6-3-7-21-15(22)11-17-16(21)23/h10,12-13H,2-9,11H2,1H3,(H,17,23). The molecule has 0 atom stereocenters. The molecule has 7 heteroatoms. The van der Waals surface area contributed by atoms with Crippen molar-refractivity contribution < 1.29 is 9.59 Å². The minimum absolute atomic E-state index is 0.110. The highest BCUT2D eigenvalue weighted by Gasteiger charge is 2.28. The summed E-state index contributed by atoms with van der Waals surface area (Å²) in [5.41, 5.74) is 1.35. The Morgan fingerprint density at radius 2 is 2.04 bits per heavy atom. The SMILES string of the molecule is CCn1cc(C2CCN(CCCN3C(=O)CNC3=O)CC2)cn1. The molecule has 1 aromatic rings. The van der Waals surface area contributed by atoms with Gasteiger partial charge in [0.2, 0.25) is 5.91 Å². The third kappa shape index (κ3) is 3.72. The molecule has 1 aromatic heterocycles. The molecule has 3 rings (SSSR count). The summed E-state index contributed by atoms with van der Waals surface area (Å²) in [4.78, 5) is 26.7.